The van der Waals surface area contributed by atoms with E-state index in [2.05, 4.69) is 9.97 Å². The van der Waals surface area contributed by atoms with Crippen molar-refractivity contribution in [2.75, 3.05) is 6.54 Å². The first-order valence-electron chi connectivity index (χ1n) is 7.68. The van der Waals surface area contributed by atoms with Crippen LogP contribution in [0.1, 0.15) is 36.5 Å². The maximum atomic E-state index is 12.9. The molecule has 0 saturated carbocycles. The van der Waals surface area contributed by atoms with Crippen LogP contribution in [0.3, 0.4) is 0 Å². The number of likely N-dealkylation sites (tertiary alicyclic amines) is 1. The second-order valence-corrected chi connectivity index (χ2v) is 5.79. The quantitative estimate of drug-likeness (QED) is 0.934. The Labute approximate surface area is 130 Å². The van der Waals surface area contributed by atoms with E-state index in [-0.39, 0.29) is 18.0 Å². The van der Waals surface area contributed by atoms with E-state index in [1.165, 1.54) is 0 Å². The lowest BCUT2D eigenvalue weighted by Gasteiger charge is -2.38. The summed E-state index contributed by atoms with van der Waals surface area (Å²) in [5, 5.41) is 0. The van der Waals surface area contributed by atoms with Gasteiger partial charge in [0.1, 0.15) is 12.1 Å². The number of nitrogens with zero attached hydrogens (tertiary/aromatic N) is 4. The lowest BCUT2D eigenvalue weighted by atomic mass is 9.96. The minimum absolute atomic E-state index is 0.0146. The van der Waals surface area contributed by atoms with Crippen molar-refractivity contribution in [3.63, 3.8) is 0 Å². The molecule has 3 heterocycles. The van der Waals surface area contributed by atoms with Crippen LogP contribution in [0.15, 0.2) is 37.1 Å². The van der Waals surface area contributed by atoms with Crippen LogP contribution in [-0.4, -0.2) is 44.0 Å². The maximum Gasteiger partial charge on any atom is 0.254 e. The van der Waals surface area contributed by atoms with Gasteiger partial charge in [0.05, 0.1) is 0 Å². The number of carbonyl (C=O) groups excluding carboxylic acids is 1. The molecule has 2 aromatic rings. The Kier molecular flexibility index (Phi) is 4.20. The highest BCUT2D eigenvalue weighted by Gasteiger charge is 2.29. The number of carbonyl (C=O) groups is 1. The average Bonchev–Trinajstić information content (AvgIpc) is 3.09. The minimum atomic E-state index is -0.0146. The Morgan fingerprint density at radius 2 is 2.27 bits per heavy atom. The molecule has 0 spiro atoms. The summed E-state index contributed by atoms with van der Waals surface area (Å²) in [6.07, 6.45) is 9.97. The van der Waals surface area contributed by atoms with Gasteiger partial charge in [0.15, 0.2) is 0 Å². The molecule has 2 atom stereocenters. The Morgan fingerprint density at radius 3 is 3.00 bits per heavy atom. The van der Waals surface area contributed by atoms with Gasteiger partial charge >= 0.3 is 0 Å². The maximum absolute atomic E-state index is 12.9. The molecule has 1 amide bonds. The molecule has 3 rings (SSSR count). The van der Waals surface area contributed by atoms with Crippen molar-refractivity contribution in [3.05, 3.63) is 42.6 Å². The monoisotopic (exact) mass is 299 g/mol. The molecule has 116 valence electrons. The number of aromatic nitrogens is 3. The number of amides is 1. The van der Waals surface area contributed by atoms with Crippen molar-refractivity contribution in [2.24, 2.45) is 5.73 Å². The average molecular weight is 299 g/mol. The van der Waals surface area contributed by atoms with Crippen molar-refractivity contribution < 1.29 is 4.79 Å². The van der Waals surface area contributed by atoms with Crippen LogP contribution in [-0.2, 0) is 0 Å². The fraction of sp³-hybridized carbons (Fsp3) is 0.438. The summed E-state index contributed by atoms with van der Waals surface area (Å²) in [6.45, 7) is 2.74. The molecule has 22 heavy (non-hydrogen) atoms. The molecule has 0 aliphatic carbocycles. The van der Waals surface area contributed by atoms with Gasteiger partial charge in [0, 0.05) is 42.8 Å². The van der Waals surface area contributed by atoms with Crippen LogP contribution in [0.4, 0.5) is 0 Å². The number of hydrogen-bond donors (Lipinski definition) is 1. The van der Waals surface area contributed by atoms with Crippen molar-refractivity contribution >= 4 is 5.91 Å². The molecule has 1 aliphatic rings. The van der Waals surface area contributed by atoms with Gasteiger partial charge in [0.2, 0.25) is 0 Å². The Bertz CT molecular complexity index is 638. The van der Waals surface area contributed by atoms with E-state index >= 15 is 0 Å². The van der Waals surface area contributed by atoms with E-state index in [0.717, 1.165) is 25.8 Å². The Morgan fingerprint density at radius 1 is 1.41 bits per heavy atom. The first-order chi connectivity index (χ1) is 10.7. The summed E-state index contributed by atoms with van der Waals surface area (Å²) in [7, 11) is 0. The van der Waals surface area contributed by atoms with Crippen LogP contribution in [0.5, 0.6) is 0 Å². The normalized spacial score (nSPS) is 19.9. The number of hydrogen-bond acceptors (Lipinski definition) is 4. The highest BCUT2D eigenvalue weighted by molar-refractivity contribution is 5.94. The van der Waals surface area contributed by atoms with Gasteiger partial charge in [0.25, 0.3) is 5.91 Å². The first-order valence-corrected chi connectivity index (χ1v) is 7.68. The summed E-state index contributed by atoms with van der Waals surface area (Å²) in [4.78, 5) is 23.1. The molecule has 0 bridgehead atoms. The predicted molar refractivity (Wildman–Crippen MR) is 83.7 cm³/mol. The zero-order valence-corrected chi connectivity index (χ0v) is 12.7. The topological polar surface area (TPSA) is 77.0 Å². The molecule has 2 aromatic heterocycles. The molecule has 0 aromatic carbocycles. The zero-order valence-electron chi connectivity index (χ0n) is 12.7. The van der Waals surface area contributed by atoms with Crippen LogP contribution in [0.2, 0.25) is 0 Å². The van der Waals surface area contributed by atoms with Gasteiger partial charge in [-0.25, -0.2) is 9.97 Å². The van der Waals surface area contributed by atoms with E-state index in [1.807, 2.05) is 18.0 Å². The van der Waals surface area contributed by atoms with E-state index in [9.17, 15) is 4.79 Å². The van der Waals surface area contributed by atoms with Crippen molar-refractivity contribution in [2.45, 2.75) is 38.3 Å². The Hall–Kier alpha value is -2.21. The van der Waals surface area contributed by atoms with Gasteiger partial charge in [-0.2, -0.15) is 0 Å². The molecule has 0 unspecified atom stereocenters. The summed E-state index contributed by atoms with van der Waals surface area (Å²) in [5.74, 6) is 0.725. The molecule has 1 fully saturated rings. The highest BCUT2D eigenvalue weighted by atomic mass is 16.2. The van der Waals surface area contributed by atoms with Crippen LogP contribution < -0.4 is 5.73 Å². The lowest BCUT2D eigenvalue weighted by molar-refractivity contribution is 0.0583. The van der Waals surface area contributed by atoms with Crippen LogP contribution >= 0.6 is 0 Å². The largest absolute Gasteiger partial charge is 0.334 e. The van der Waals surface area contributed by atoms with Crippen molar-refractivity contribution in [1.82, 2.24) is 19.4 Å². The van der Waals surface area contributed by atoms with Gasteiger partial charge in [-0.05, 0) is 38.3 Å². The summed E-state index contributed by atoms with van der Waals surface area (Å²) >= 11 is 0. The smallest absolute Gasteiger partial charge is 0.254 e. The second-order valence-electron chi connectivity index (χ2n) is 5.79. The zero-order chi connectivity index (χ0) is 15.5. The minimum Gasteiger partial charge on any atom is -0.334 e. The summed E-state index contributed by atoms with van der Waals surface area (Å²) in [6, 6.07) is 3.66. The van der Waals surface area contributed by atoms with Gasteiger partial charge in [-0.15, -0.1) is 0 Å². The van der Waals surface area contributed by atoms with E-state index in [0.29, 0.717) is 11.4 Å². The molecule has 2 N–H and O–H groups in total. The molecule has 1 aliphatic heterocycles. The molecule has 1 saturated heterocycles. The number of nitrogens with two attached hydrogens (primary N) is 1. The number of piperidine rings is 1. The molecule has 6 heteroatoms. The van der Waals surface area contributed by atoms with Crippen LogP contribution in [0.25, 0.3) is 5.82 Å². The molecular formula is C16H21N5O. The standard InChI is InChI=1S/C16H21N5O/c1-12(17)14-4-2-3-8-21(14)16(22)13-5-6-19-15(10-13)20-9-7-18-11-20/h5-7,9-12,14H,2-4,8,17H2,1H3/t12-,14-/m0/s1. The molecule has 6 nitrogen and oxygen atoms in total. The van der Waals surface area contributed by atoms with Crippen molar-refractivity contribution in [3.8, 4) is 5.82 Å². The van der Waals surface area contributed by atoms with Gasteiger partial charge < -0.3 is 10.6 Å². The Balaban J connectivity index is 1.86. The second kappa shape index (κ2) is 6.27. The molecular weight excluding hydrogens is 278 g/mol. The summed E-state index contributed by atoms with van der Waals surface area (Å²) in [5.41, 5.74) is 6.71. The fourth-order valence-electron chi connectivity index (χ4n) is 3.01. The molecule has 0 radical (unpaired) electrons. The lowest BCUT2D eigenvalue weighted by Crippen LogP contribution is -2.51. The van der Waals surface area contributed by atoms with E-state index in [1.54, 1.807) is 35.4 Å². The van der Waals surface area contributed by atoms with E-state index in [4.69, 9.17) is 5.73 Å². The van der Waals surface area contributed by atoms with Gasteiger partial charge in [-0.1, -0.05) is 0 Å². The SMILES string of the molecule is C[C@H](N)[C@@H]1CCCCN1C(=O)c1ccnc(-n2ccnc2)c1. The number of imidazole rings is 1. The third kappa shape index (κ3) is 2.87. The number of pyridine rings is 1. The third-order valence-electron chi connectivity index (χ3n) is 4.18. The number of rotatable bonds is 3. The third-order valence-corrected chi connectivity index (χ3v) is 4.18. The van der Waals surface area contributed by atoms with Gasteiger partial charge in [-0.3, -0.25) is 9.36 Å². The predicted octanol–water partition coefficient (Wildman–Crippen LogP) is 1.61. The van der Waals surface area contributed by atoms with Crippen LogP contribution in [0, 0.1) is 0 Å². The first kappa shape index (κ1) is 14.7. The fourth-order valence-corrected chi connectivity index (χ4v) is 3.01. The highest BCUT2D eigenvalue weighted by Crippen LogP contribution is 2.22. The summed E-state index contributed by atoms with van der Waals surface area (Å²) < 4.78 is 1.79. The van der Waals surface area contributed by atoms with E-state index < -0.39 is 0 Å². The van der Waals surface area contributed by atoms with Crippen molar-refractivity contribution in [1.29, 1.82) is 0 Å².